The summed E-state index contributed by atoms with van der Waals surface area (Å²) in [6.45, 7) is 4.33. The normalized spacial score (nSPS) is 43.2. The molecule has 7 aliphatic rings. The Labute approximate surface area is 251 Å². The van der Waals surface area contributed by atoms with Crippen LogP contribution in [0.5, 0.6) is 0 Å². The van der Waals surface area contributed by atoms with Gasteiger partial charge in [0.15, 0.2) is 5.78 Å². The van der Waals surface area contributed by atoms with Gasteiger partial charge in [0.2, 0.25) is 0 Å². The van der Waals surface area contributed by atoms with Gasteiger partial charge in [-0.05, 0) is 89.9 Å². The minimum absolute atomic E-state index is 0.0295. The van der Waals surface area contributed by atoms with Gasteiger partial charge in [-0.15, -0.1) is 0 Å². The average molecular weight is 586 g/mol. The number of hydrogen-bond donors (Lipinski definition) is 2. The van der Waals surface area contributed by atoms with Crippen molar-refractivity contribution in [2.75, 3.05) is 46.8 Å². The number of unbranched alkanes of at least 4 members (excludes halogenated alkanes) is 1. The molecule has 8 nitrogen and oxygen atoms in total. The van der Waals surface area contributed by atoms with Gasteiger partial charge in [-0.25, -0.2) is 4.39 Å². The first-order valence-corrected chi connectivity index (χ1v) is 17.1. The van der Waals surface area contributed by atoms with Gasteiger partial charge in [-0.1, -0.05) is 25.7 Å². The molecule has 7 rings (SSSR count). The van der Waals surface area contributed by atoms with E-state index < -0.39 is 12.1 Å². The molecule has 234 valence electrons. The summed E-state index contributed by atoms with van der Waals surface area (Å²) in [4.78, 5) is 34.3. The standard InChI is InChI=1S/C33H52FN5O3/c1-37(2)13-6-5-11-36-33(41)24-18-39-27-14-20-8-3-4-9-21(20)15-28(27)42-32-29(39)23(31(24)40)16-25(34)30(32)38-17-22-10-7-12-35-26(22)19-38/h18,20-23,25-30,32,35H,3-17,19H2,1-2H3,(H,36,41). The van der Waals surface area contributed by atoms with Crippen molar-refractivity contribution in [3.63, 3.8) is 0 Å². The van der Waals surface area contributed by atoms with Crippen LogP contribution in [0.2, 0.25) is 0 Å². The summed E-state index contributed by atoms with van der Waals surface area (Å²) in [5.74, 6) is 0.915. The van der Waals surface area contributed by atoms with E-state index in [4.69, 9.17) is 4.74 Å². The molecule has 11 atom stereocenters. The number of halogens is 1. The Morgan fingerprint density at radius 3 is 2.62 bits per heavy atom. The highest BCUT2D eigenvalue weighted by Crippen LogP contribution is 2.51. The molecule has 4 aliphatic heterocycles. The second kappa shape index (κ2) is 12.1. The number of carbonyl (C=O) groups excluding carboxylic acids is 2. The van der Waals surface area contributed by atoms with E-state index in [2.05, 4.69) is 25.3 Å². The second-order valence-corrected chi connectivity index (χ2v) is 14.9. The minimum atomic E-state index is -1.14. The van der Waals surface area contributed by atoms with Crippen LogP contribution in [0.3, 0.4) is 0 Å². The maximum absolute atomic E-state index is 16.4. The molecular formula is C33H52FN5O3. The third-order valence-corrected chi connectivity index (χ3v) is 12.1. The number of fused-ring (bicyclic) bond motifs is 4. The largest absolute Gasteiger partial charge is 0.369 e. The van der Waals surface area contributed by atoms with Crippen LogP contribution in [0.25, 0.3) is 0 Å². The summed E-state index contributed by atoms with van der Waals surface area (Å²) in [7, 11) is 4.09. The van der Waals surface area contributed by atoms with E-state index in [1.165, 1.54) is 38.5 Å². The zero-order valence-corrected chi connectivity index (χ0v) is 25.7. The quantitative estimate of drug-likeness (QED) is 0.352. The first-order valence-electron chi connectivity index (χ1n) is 17.1. The predicted molar refractivity (Wildman–Crippen MR) is 160 cm³/mol. The number of carbonyl (C=O) groups is 2. The van der Waals surface area contributed by atoms with Crippen LogP contribution in [0.4, 0.5) is 4.39 Å². The fraction of sp³-hybridized carbons (Fsp3) is 0.879. The van der Waals surface area contributed by atoms with E-state index in [1.54, 1.807) is 0 Å². The maximum atomic E-state index is 16.4. The van der Waals surface area contributed by atoms with Crippen molar-refractivity contribution >= 4 is 11.7 Å². The highest BCUT2D eigenvalue weighted by molar-refractivity contribution is 6.20. The number of hydrogen-bond acceptors (Lipinski definition) is 7. The van der Waals surface area contributed by atoms with Crippen molar-refractivity contribution in [3.8, 4) is 0 Å². The summed E-state index contributed by atoms with van der Waals surface area (Å²) in [6.07, 6.45) is 12.0. The van der Waals surface area contributed by atoms with Gasteiger partial charge < -0.3 is 25.2 Å². The number of likely N-dealkylation sites (tertiary alicyclic amines) is 1. The van der Waals surface area contributed by atoms with Crippen LogP contribution in [0.1, 0.15) is 70.6 Å². The number of alkyl halides is 1. The van der Waals surface area contributed by atoms with Crippen LogP contribution >= 0.6 is 0 Å². The molecule has 6 fully saturated rings. The molecule has 9 heteroatoms. The van der Waals surface area contributed by atoms with Crippen molar-refractivity contribution < 1.29 is 18.7 Å². The predicted octanol–water partition coefficient (Wildman–Crippen LogP) is 2.73. The number of morpholine rings is 1. The zero-order chi connectivity index (χ0) is 29.0. The minimum Gasteiger partial charge on any atom is -0.369 e. The monoisotopic (exact) mass is 585 g/mol. The third-order valence-electron chi connectivity index (χ3n) is 12.1. The van der Waals surface area contributed by atoms with E-state index in [0.29, 0.717) is 30.3 Å². The summed E-state index contributed by atoms with van der Waals surface area (Å²) in [6, 6.07) is 0.0565. The Morgan fingerprint density at radius 1 is 1.05 bits per heavy atom. The van der Waals surface area contributed by atoms with Crippen LogP contribution in [0.15, 0.2) is 11.8 Å². The van der Waals surface area contributed by atoms with Crippen molar-refractivity contribution in [1.29, 1.82) is 0 Å². The topological polar surface area (TPSA) is 77.2 Å². The van der Waals surface area contributed by atoms with Crippen molar-refractivity contribution in [2.24, 2.45) is 23.7 Å². The lowest BCUT2D eigenvalue weighted by molar-refractivity contribution is -0.219. The first-order chi connectivity index (χ1) is 20.4. The van der Waals surface area contributed by atoms with Crippen molar-refractivity contribution in [2.45, 2.75) is 113 Å². The Bertz CT molecular complexity index is 1040. The Kier molecular flexibility index (Phi) is 8.40. The van der Waals surface area contributed by atoms with Gasteiger partial charge in [0.25, 0.3) is 5.91 Å². The van der Waals surface area contributed by atoms with Gasteiger partial charge in [0, 0.05) is 37.8 Å². The second-order valence-electron chi connectivity index (χ2n) is 14.9. The number of nitrogens with zero attached hydrogens (tertiary/aromatic N) is 3. The Morgan fingerprint density at radius 2 is 1.83 bits per heavy atom. The molecule has 11 unspecified atom stereocenters. The lowest BCUT2D eigenvalue weighted by atomic mass is 9.64. The lowest BCUT2D eigenvalue weighted by Gasteiger charge is -2.61. The number of rotatable bonds is 7. The van der Waals surface area contributed by atoms with Crippen LogP contribution in [-0.2, 0) is 14.3 Å². The summed E-state index contributed by atoms with van der Waals surface area (Å²) in [5.41, 5.74) is 0.232. The number of Topliss-reactive ketones (excluding diaryl/α,β-unsaturated/α-hetero) is 1. The van der Waals surface area contributed by atoms with Gasteiger partial charge in [-0.2, -0.15) is 0 Å². The molecule has 1 amide bonds. The van der Waals surface area contributed by atoms with E-state index in [1.807, 2.05) is 20.3 Å². The summed E-state index contributed by atoms with van der Waals surface area (Å²) < 4.78 is 23.5. The molecule has 3 saturated heterocycles. The molecule has 3 saturated carbocycles. The van der Waals surface area contributed by atoms with Gasteiger partial charge >= 0.3 is 0 Å². The van der Waals surface area contributed by atoms with E-state index in [-0.39, 0.29) is 54.0 Å². The molecular weight excluding hydrogens is 533 g/mol. The van der Waals surface area contributed by atoms with Crippen LogP contribution in [0, 0.1) is 23.7 Å². The molecule has 0 aromatic carbocycles. The van der Waals surface area contributed by atoms with Gasteiger partial charge in [0.05, 0.1) is 35.9 Å². The number of amides is 1. The van der Waals surface area contributed by atoms with E-state index in [9.17, 15) is 9.59 Å². The third kappa shape index (κ3) is 5.34. The van der Waals surface area contributed by atoms with Crippen LogP contribution < -0.4 is 10.6 Å². The van der Waals surface area contributed by atoms with E-state index in [0.717, 1.165) is 51.9 Å². The molecule has 42 heavy (non-hydrogen) atoms. The molecule has 0 aromatic heterocycles. The first kappa shape index (κ1) is 29.2. The SMILES string of the molecule is CN(C)CCCCNC(=O)C1=CN2C3CC4CCCCC4CC3OC3C(N4CC5CCCNC5C4)C(F)CC(C1=O)C32. The van der Waals surface area contributed by atoms with Crippen LogP contribution in [-0.4, -0.2) is 116 Å². The number of ketones is 1. The lowest BCUT2D eigenvalue weighted by Crippen LogP contribution is -2.73. The highest BCUT2D eigenvalue weighted by Gasteiger charge is 2.61. The highest BCUT2D eigenvalue weighted by atomic mass is 19.1. The van der Waals surface area contributed by atoms with Crippen molar-refractivity contribution in [3.05, 3.63) is 11.8 Å². The smallest absolute Gasteiger partial charge is 0.256 e. The molecule has 0 radical (unpaired) electrons. The number of nitrogens with one attached hydrogen (secondary N) is 2. The molecule has 0 aromatic rings. The molecule has 2 N–H and O–H groups in total. The fourth-order valence-electron chi connectivity index (χ4n) is 10.0. The van der Waals surface area contributed by atoms with Gasteiger partial charge in [0.1, 0.15) is 6.17 Å². The summed E-state index contributed by atoms with van der Waals surface area (Å²) in [5, 5.41) is 6.71. The zero-order valence-electron chi connectivity index (χ0n) is 25.7. The number of ether oxygens (including phenoxy) is 1. The molecule has 3 aliphatic carbocycles. The molecule has 0 bridgehead atoms. The maximum Gasteiger partial charge on any atom is 0.256 e. The van der Waals surface area contributed by atoms with Gasteiger partial charge in [-0.3, -0.25) is 14.5 Å². The van der Waals surface area contributed by atoms with E-state index >= 15 is 4.39 Å². The molecule has 0 spiro atoms. The average Bonchev–Trinajstić information content (AvgIpc) is 3.40. The summed E-state index contributed by atoms with van der Waals surface area (Å²) >= 11 is 0. The van der Waals surface area contributed by atoms with Crippen molar-refractivity contribution in [1.82, 2.24) is 25.3 Å². The molecule has 4 heterocycles. The number of piperidine rings is 1. The Hall–Kier alpha value is -1.55. The fourth-order valence-corrected chi connectivity index (χ4v) is 10.0. The Balaban J connectivity index is 1.16.